The van der Waals surface area contributed by atoms with Crippen LogP contribution in [0.2, 0.25) is 0 Å². The topological polar surface area (TPSA) is 54.9 Å². The fraction of sp³-hybridized carbons (Fsp3) is 0.476. The van der Waals surface area contributed by atoms with Gasteiger partial charge in [-0.2, -0.15) is 0 Å². The number of fused-ring (bicyclic) bond motifs is 2. The summed E-state index contributed by atoms with van der Waals surface area (Å²) in [6.07, 6.45) is 2.13. The van der Waals surface area contributed by atoms with Gasteiger partial charge in [-0.1, -0.05) is 50.7 Å². The molecule has 3 atom stereocenters. The highest BCUT2D eigenvalue weighted by Gasteiger charge is 2.66. The van der Waals surface area contributed by atoms with Crippen LogP contribution >= 0.6 is 11.8 Å². The van der Waals surface area contributed by atoms with E-state index >= 15 is 0 Å². The molecule has 0 saturated heterocycles. The molecule has 1 N–H and O–H groups in total. The van der Waals surface area contributed by atoms with E-state index in [0.717, 1.165) is 30.0 Å². The van der Waals surface area contributed by atoms with Crippen molar-refractivity contribution in [3.8, 4) is 0 Å². The van der Waals surface area contributed by atoms with E-state index in [9.17, 15) is 4.79 Å². The number of carbonyl (C=O) groups excluding carboxylic acids is 1. The molecular formula is C21H25N3OS. The minimum Gasteiger partial charge on any atom is -0.340 e. The molecule has 2 bridgehead atoms. The lowest BCUT2D eigenvalue weighted by atomic mass is 9.71. The maximum Gasteiger partial charge on any atom is 0.190 e. The quantitative estimate of drug-likeness (QED) is 0.770. The molecule has 0 radical (unpaired) electrons. The molecule has 3 unspecified atom stereocenters. The van der Waals surface area contributed by atoms with Crippen LogP contribution in [0.25, 0.3) is 0 Å². The third kappa shape index (κ3) is 2.64. The summed E-state index contributed by atoms with van der Waals surface area (Å²) in [5.74, 6) is 1.33. The monoisotopic (exact) mass is 367 g/mol. The van der Waals surface area contributed by atoms with Crippen molar-refractivity contribution in [2.24, 2.45) is 16.7 Å². The zero-order valence-electron chi connectivity index (χ0n) is 15.7. The number of aromatic nitrogens is 2. The second-order valence-electron chi connectivity index (χ2n) is 8.30. The van der Waals surface area contributed by atoms with Crippen molar-refractivity contribution in [3.05, 3.63) is 42.1 Å². The summed E-state index contributed by atoms with van der Waals surface area (Å²) in [6, 6.07) is 11.9. The van der Waals surface area contributed by atoms with E-state index in [4.69, 9.17) is 0 Å². The number of para-hydroxylation sites is 1. The Morgan fingerprint density at radius 2 is 1.88 bits per heavy atom. The number of aryl methyl sites for hydroxylation is 1. The van der Waals surface area contributed by atoms with Crippen molar-refractivity contribution in [2.75, 3.05) is 5.32 Å². The fourth-order valence-corrected chi connectivity index (χ4v) is 6.13. The van der Waals surface area contributed by atoms with Crippen LogP contribution in [0, 0.1) is 23.7 Å². The van der Waals surface area contributed by atoms with Gasteiger partial charge in [0.05, 0.1) is 5.25 Å². The molecule has 5 heteroatoms. The van der Waals surface area contributed by atoms with Crippen molar-refractivity contribution >= 4 is 29.1 Å². The van der Waals surface area contributed by atoms with Crippen molar-refractivity contribution in [2.45, 2.75) is 50.9 Å². The third-order valence-electron chi connectivity index (χ3n) is 6.58. The molecule has 0 amide bonds. The number of hydrogen-bond acceptors (Lipinski definition) is 5. The zero-order valence-corrected chi connectivity index (χ0v) is 16.6. The molecule has 2 aromatic rings. The third-order valence-corrected chi connectivity index (χ3v) is 7.96. The number of nitrogens with zero attached hydrogens (tertiary/aromatic N) is 2. The lowest BCUT2D eigenvalue weighted by molar-refractivity contribution is -0.122. The van der Waals surface area contributed by atoms with Crippen molar-refractivity contribution in [1.82, 2.24) is 9.97 Å². The van der Waals surface area contributed by atoms with Crippen LogP contribution in [-0.4, -0.2) is 21.0 Å². The van der Waals surface area contributed by atoms with Gasteiger partial charge in [-0.3, -0.25) is 4.79 Å². The second-order valence-corrected chi connectivity index (χ2v) is 9.37. The van der Waals surface area contributed by atoms with Gasteiger partial charge in [0.15, 0.2) is 5.16 Å². The first-order chi connectivity index (χ1) is 12.3. The molecule has 2 aliphatic carbocycles. The maximum absolute atomic E-state index is 13.0. The smallest absolute Gasteiger partial charge is 0.190 e. The van der Waals surface area contributed by atoms with Gasteiger partial charge in [-0.25, -0.2) is 9.97 Å². The Morgan fingerprint density at radius 1 is 1.15 bits per heavy atom. The Balaban J connectivity index is 1.60. The van der Waals surface area contributed by atoms with Crippen molar-refractivity contribution in [3.63, 3.8) is 0 Å². The van der Waals surface area contributed by atoms with Crippen LogP contribution in [0.5, 0.6) is 0 Å². The van der Waals surface area contributed by atoms with Gasteiger partial charge in [0.2, 0.25) is 0 Å². The van der Waals surface area contributed by atoms with E-state index in [2.05, 4.69) is 36.1 Å². The first kappa shape index (κ1) is 17.5. The highest BCUT2D eigenvalue weighted by molar-refractivity contribution is 8.00. The van der Waals surface area contributed by atoms with Crippen molar-refractivity contribution in [1.29, 1.82) is 0 Å². The molecule has 26 heavy (non-hydrogen) atoms. The van der Waals surface area contributed by atoms with Gasteiger partial charge in [-0.15, -0.1) is 0 Å². The minimum atomic E-state index is -0.0531. The van der Waals surface area contributed by atoms with E-state index in [0.29, 0.717) is 10.9 Å². The Morgan fingerprint density at radius 3 is 2.54 bits per heavy atom. The van der Waals surface area contributed by atoms with Crippen LogP contribution < -0.4 is 5.32 Å². The van der Waals surface area contributed by atoms with E-state index in [1.165, 1.54) is 0 Å². The van der Waals surface area contributed by atoms with Crippen LogP contribution in [0.15, 0.2) is 41.6 Å². The molecule has 1 heterocycles. The van der Waals surface area contributed by atoms with Gasteiger partial charge >= 0.3 is 0 Å². The van der Waals surface area contributed by atoms with Crippen LogP contribution in [-0.2, 0) is 4.79 Å². The predicted molar refractivity (Wildman–Crippen MR) is 106 cm³/mol. The summed E-state index contributed by atoms with van der Waals surface area (Å²) in [7, 11) is 0. The summed E-state index contributed by atoms with van der Waals surface area (Å²) in [5, 5.41) is 3.96. The molecular weight excluding hydrogens is 342 g/mol. The molecule has 2 fully saturated rings. The summed E-state index contributed by atoms with van der Waals surface area (Å²) in [4.78, 5) is 22.2. The summed E-state index contributed by atoms with van der Waals surface area (Å²) < 4.78 is 0. The highest BCUT2D eigenvalue weighted by Crippen LogP contribution is 2.67. The van der Waals surface area contributed by atoms with Gasteiger partial charge in [0.1, 0.15) is 11.6 Å². The zero-order chi connectivity index (χ0) is 18.5. The number of carbonyl (C=O) groups is 1. The first-order valence-electron chi connectivity index (χ1n) is 9.19. The second kappa shape index (κ2) is 6.08. The number of benzene rings is 1. The van der Waals surface area contributed by atoms with Crippen LogP contribution in [0.4, 0.5) is 11.5 Å². The van der Waals surface area contributed by atoms with E-state index in [1.807, 2.05) is 43.3 Å². The molecule has 4 nitrogen and oxygen atoms in total. The Labute approximate surface area is 159 Å². The van der Waals surface area contributed by atoms with Gasteiger partial charge in [0, 0.05) is 23.4 Å². The molecule has 136 valence electrons. The summed E-state index contributed by atoms with van der Waals surface area (Å²) in [6.45, 7) is 8.75. The largest absolute Gasteiger partial charge is 0.340 e. The average Bonchev–Trinajstić information content (AvgIpc) is 2.89. The lowest BCUT2D eigenvalue weighted by Gasteiger charge is -2.37. The predicted octanol–water partition coefficient (Wildman–Crippen LogP) is 5.01. The maximum atomic E-state index is 13.0. The summed E-state index contributed by atoms with van der Waals surface area (Å²) in [5.41, 5.74) is 1.96. The molecule has 1 aromatic carbocycles. The Kier molecular flexibility index (Phi) is 4.10. The van der Waals surface area contributed by atoms with Crippen molar-refractivity contribution < 1.29 is 4.79 Å². The number of Topliss-reactive ketones (excluding diaryl/α,β-unsaturated/α-hetero) is 1. The first-order valence-corrected chi connectivity index (χ1v) is 10.1. The number of thioether (sulfide) groups is 1. The van der Waals surface area contributed by atoms with Gasteiger partial charge in [-0.05, 0) is 42.7 Å². The normalized spacial score (nSPS) is 29.2. The highest BCUT2D eigenvalue weighted by atomic mass is 32.2. The fourth-order valence-electron chi connectivity index (χ4n) is 4.61. The number of anilines is 2. The lowest BCUT2D eigenvalue weighted by Crippen LogP contribution is -2.35. The Bertz CT molecular complexity index is 852. The molecule has 2 aliphatic rings. The Hall–Kier alpha value is -1.88. The van der Waals surface area contributed by atoms with E-state index in [1.54, 1.807) is 11.8 Å². The average molecular weight is 368 g/mol. The van der Waals surface area contributed by atoms with Gasteiger partial charge < -0.3 is 5.32 Å². The molecule has 4 rings (SSSR count). The molecule has 1 aromatic heterocycles. The SMILES string of the molecule is Cc1cc(Nc2ccccc2)nc(SC2C(=O)C3CCC2(C)C3(C)C)n1. The number of ketones is 1. The van der Waals surface area contributed by atoms with Crippen LogP contribution in [0.1, 0.15) is 39.3 Å². The van der Waals surface area contributed by atoms with Gasteiger partial charge in [0.25, 0.3) is 0 Å². The summed E-state index contributed by atoms with van der Waals surface area (Å²) >= 11 is 1.55. The number of hydrogen-bond donors (Lipinski definition) is 1. The van der Waals surface area contributed by atoms with Crippen LogP contribution in [0.3, 0.4) is 0 Å². The number of nitrogens with one attached hydrogen (secondary N) is 1. The molecule has 0 spiro atoms. The van der Waals surface area contributed by atoms with E-state index in [-0.39, 0.29) is 22.0 Å². The standard InChI is InChI=1S/C21H25N3OS/c1-13-12-16(23-14-8-6-5-7-9-14)24-19(22-13)26-18-17(25)15-10-11-21(18,4)20(15,2)3/h5-9,12,15,18H,10-11H2,1-4H3,(H,22,23,24). The number of rotatable bonds is 4. The van der Waals surface area contributed by atoms with E-state index < -0.39 is 0 Å². The molecule has 0 aliphatic heterocycles. The minimum absolute atomic E-state index is 0.0134. The molecule has 2 saturated carbocycles.